The lowest BCUT2D eigenvalue weighted by atomic mass is 10.0. The molecule has 1 aromatic rings. The highest BCUT2D eigenvalue weighted by molar-refractivity contribution is 5.90. The van der Waals surface area contributed by atoms with Crippen molar-refractivity contribution >= 4 is 11.8 Å². The lowest BCUT2D eigenvalue weighted by molar-refractivity contribution is -0.186. The van der Waals surface area contributed by atoms with Gasteiger partial charge in [-0.25, -0.2) is 0 Å². The average Bonchev–Trinajstić information content (AvgIpc) is 3.18. The lowest BCUT2D eigenvalue weighted by Crippen LogP contribution is -2.50. The van der Waals surface area contributed by atoms with E-state index in [4.69, 9.17) is 4.74 Å². The van der Waals surface area contributed by atoms with E-state index in [-0.39, 0.29) is 25.4 Å². The summed E-state index contributed by atoms with van der Waals surface area (Å²) < 4.78 is 43.3. The number of alkyl halides is 3. The molecule has 1 saturated heterocycles. The summed E-state index contributed by atoms with van der Waals surface area (Å²) in [6, 6.07) is 6.38. The second kappa shape index (κ2) is 6.33. The first-order chi connectivity index (χ1) is 11.4. The van der Waals surface area contributed by atoms with Crippen LogP contribution in [0.15, 0.2) is 24.3 Å². The van der Waals surface area contributed by atoms with E-state index >= 15 is 0 Å². The Balaban J connectivity index is 1.60. The molecule has 2 atom stereocenters. The predicted molar refractivity (Wildman–Crippen MR) is 78.5 cm³/mol. The van der Waals surface area contributed by atoms with Gasteiger partial charge >= 0.3 is 12.1 Å². The van der Waals surface area contributed by atoms with Crippen molar-refractivity contribution in [2.45, 2.75) is 31.0 Å². The van der Waals surface area contributed by atoms with Crippen LogP contribution in [0, 0.1) is 0 Å². The van der Waals surface area contributed by atoms with Gasteiger partial charge in [-0.15, -0.1) is 0 Å². The van der Waals surface area contributed by atoms with Crippen LogP contribution in [0.1, 0.15) is 24.3 Å². The molecule has 2 aliphatic heterocycles. The molecule has 2 aliphatic rings. The van der Waals surface area contributed by atoms with E-state index in [1.165, 1.54) is 0 Å². The Morgan fingerprint density at radius 1 is 1.29 bits per heavy atom. The molecule has 0 bridgehead atoms. The Morgan fingerprint density at radius 2 is 2.04 bits per heavy atom. The summed E-state index contributed by atoms with van der Waals surface area (Å²) in [6.07, 6.45) is -4.33. The highest BCUT2D eigenvalue weighted by atomic mass is 19.4. The zero-order valence-electron chi connectivity index (χ0n) is 12.8. The maximum Gasteiger partial charge on any atom is 0.471 e. The molecule has 2 unspecified atom stereocenters. The Hall–Kier alpha value is -2.25. The zero-order valence-corrected chi connectivity index (χ0v) is 12.8. The van der Waals surface area contributed by atoms with Gasteiger partial charge in [0, 0.05) is 24.6 Å². The molecular formula is C16H17F3N2O3. The van der Waals surface area contributed by atoms with Crippen LogP contribution >= 0.6 is 0 Å². The first-order valence-electron chi connectivity index (χ1n) is 7.75. The standard InChI is InChI=1S/C16H17F3N2O3/c17-16(18,19)15(23)21-7-3-5-12(21)14(22)20-8-10-9-24-13-6-2-1-4-11(10)13/h1-2,4,6,10,12H,3,5,7-9H2,(H,20,22). The maximum absolute atomic E-state index is 12.6. The van der Waals surface area contributed by atoms with E-state index in [1.807, 2.05) is 24.3 Å². The normalized spacial score (nSPS) is 22.9. The van der Waals surface area contributed by atoms with Crippen LogP contribution in [0.4, 0.5) is 13.2 Å². The van der Waals surface area contributed by atoms with Crippen LogP contribution in [0.25, 0.3) is 0 Å². The number of carbonyl (C=O) groups excluding carboxylic acids is 2. The molecule has 5 nitrogen and oxygen atoms in total. The summed E-state index contributed by atoms with van der Waals surface area (Å²) in [5.41, 5.74) is 0.965. The third kappa shape index (κ3) is 3.18. The fraction of sp³-hybridized carbons (Fsp3) is 0.500. The molecule has 0 aliphatic carbocycles. The molecule has 130 valence electrons. The number of benzene rings is 1. The molecule has 1 aromatic carbocycles. The van der Waals surface area contributed by atoms with Crippen molar-refractivity contribution in [2.75, 3.05) is 19.7 Å². The number of likely N-dealkylation sites (tertiary alicyclic amines) is 1. The molecule has 0 saturated carbocycles. The van der Waals surface area contributed by atoms with Crippen molar-refractivity contribution in [2.24, 2.45) is 0 Å². The largest absolute Gasteiger partial charge is 0.493 e. The maximum atomic E-state index is 12.6. The number of fused-ring (bicyclic) bond motifs is 1. The third-order valence-electron chi connectivity index (χ3n) is 4.38. The van der Waals surface area contributed by atoms with Gasteiger partial charge in [-0.1, -0.05) is 18.2 Å². The van der Waals surface area contributed by atoms with E-state index in [9.17, 15) is 22.8 Å². The van der Waals surface area contributed by atoms with Crippen molar-refractivity contribution in [1.82, 2.24) is 10.2 Å². The summed E-state index contributed by atoms with van der Waals surface area (Å²) >= 11 is 0. The second-order valence-corrected chi connectivity index (χ2v) is 5.95. The van der Waals surface area contributed by atoms with Crippen LogP contribution in [-0.4, -0.2) is 48.6 Å². The van der Waals surface area contributed by atoms with E-state index in [1.54, 1.807) is 0 Å². The van der Waals surface area contributed by atoms with Crippen LogP contribution in [0.3, 0.4) is 0 Å². The van der Waals surface area contributed by atoms with Crippen molar-refractivity contribution in [3.8, 4) is 5.75 Å². The number of hydrogen-bond acceptors (Lipinski definition) is 3. The smallest absolute Gasteiger partial charge is 0.471 e. The zero-order chi connectivity index (χ0) is 17.3. The van der Waals surface area contributed by atoms with Crippen LogP contribution in [0.5, 0.6) is 5.75 Å². The molecule has 0 spiro atoms. The number of nitrogens with zero attached hydrogens (tertiary/aromatic N) is 1. The number of rotatable bonds is 3. The first kappa shape index (κ1) is 16.6. The predicted octanol–water partition coefficient (Wildman–Crippen LogP) is 1.83. The van der Waals surface area contributed by atoms with Crippen molar-refractivity contribution in [3.05, 3.63) is 29.8 Å². The molecule has 1 N–H and O–H groups in total. The molecule has 24 heavy (non-hydrogen) atoms. The Kier molecular flexibility index (Phi) is 4.38. The monoisotopic (exact) mass is 342 g/mol. The highest BCUT2D eigenvalue weighted by Gasteiger charge is 2.47. The molecule has 2 heterocycles. The van der Waals surface area contributed by atoms with Gasteiger partial charge in [0.05, 0.1) is 6.61 Å². The number of carbonyl (C=O) groups is 2. The third-order valence-corrected chi connectivity index (χ3v) is 4.38. The van der Waals surface area contributed by atoms with E-state index in [0.29, 0.717) is 17.9 Å². The number of nitrogens with one attached hydrogen (secondary N) is 1. The van der Waals surface area contributed by atoms with Crippen LogP contribution in [0.2, 0.25) is 0 Å². The summed E-state index contributed by atoms with van der Waals surface area (Å²) in [5, 5.41) is 2.66. The minimum absolute atomic E-state index is 0.0432. The Labute approximate surface area is 136 Å². The number of halogens is 3. The number of amides is 2. The second-order valence-electron chi connectivity index (χ2n) is 5.95. The van der Waals surface area contributed by atoms with Crippen LogP contribution in [-0.2, 0) is 9.59 Å². The number of hydrogen-bond donors (Lipinski definition) is 1. The van der Waals surface area contributed by atoms with Gasteiger partial charge in [0.25, 0.3) is 0 Å². The molecule has 2 amide bonds. The molecule has 3 rings (SSSR count). The van der Waals surface area contributed by atoms with Gasteiger partial charge < -0.3 is 15.0 Å². The van der Waals surface area contributed by atoms with E-state index in [0.717, 1.165) is 11.3 Å². The van der Waals surface area contributed by atoms with E-state index in [2.05, 4.69) is 5.32 Å². The number of para-hydroxylation sites is 1. The summed E-state index contributed by atoms with van der Waals surface area (Å²) in [7, 11) is 0. The van der Waals surface area contributed by atoms with Crippen molar-refractivity contribution in [1.29, 1.82) is 0 Å². The topological polar surface area (TPSA) is 58.6 Å². The van der Waals surface area contributed by atoms with Gasteiger partial charge in [-0.05, 0) is 18.9 Å². The Morgan fingerprint density at radius 3 is 2.79 bits per heavy atom. The van der Waals surface area contributed by atoms with Gasteiger partial charge in [-0.2, -0.15) is 13.2 Å². The lowest BCUT2D eigenvalue weighted by Gasteiger charge is -2.25. The molecular weight excluding hydrogens is 325 g/mol. The van der Waals surface area contributed by atoms with E-state index < -0.39 is 24.0 Å². The van der Waals surface area contributed by atoms with Crippen molar-refractivity contribution in [3.63, 3.8) is 0 Å². The van der Waals surface area contributed by atoms with Crippen molar-refractivity contribution < 1.29 is 27.5 Å². The minimum Gasteiger partial charge on any atom is -0.493 e. The summed E-state index contributed by atoms with van der Waals surface area (Å²) in [6.45, 7) is 0.627. The summed E-state index contributed by atoms with van der Waals surface area (Å²) in [5.74, 6) is -1.78. The Bertz CT molecular complexity index is 648. The average molecular weight is 342 g/mol. The van der Waals surface area contributed by atoms with Gasteiger partial charge in [0.15, 0.2) is 0 Å². The quantitative estimate of drug-likeness (QED) is 0.912. The van der Waals surface area contributed by atoms with Gasteiger partial charge in [-0.3, -0.25) is 9.59 Å². The molecule has 0 aromatic heterocycles. The summed E-state index contributed by atoms with van der Waals surface area (Å²) in [4.78, 5) is 24.3. The fourth-order valence-corrected chi connectivity index (χ4v) is 3.19. The fourth-order valence-electron chi connectivity index (χ4n) is 3.19. The van der Waals surface area contributed by atoms with Gasteiger partial charge in [0.2, 0.25) is 5.91 Å². The molecule has 1 fully saturated rings. The molecule has 8 heteroatoms. The van der Waals surface area contributed by atoms with Gasteiger partial charge in [0.1, 0.15) is 11.8 Å². The SMILES string of the molecule is O=C(NCC1COc2ccccc21)C1CCCN1C(=O)C(F)(F)F. The van der Waals surface area contributed by atoms with Crippen LogP contribution < -0.4 is 10.1 Å². The minimum atomic E-state index is -4.96. The highest BCUT2D eigenvalue weighted by Crippen LogP contribution is 2.33. The first-order valence-corrected chi connectivity index (χ1v) is 7.75. The number of ether oxygens (including phenoxy) is 1. The molecule has 0 radical (unpaired) electrons.